The summed E-state index contributed by atoms with van der Waals surface area (Å²) in [6, 6.07) is 2.34. The van der Waals surface area contributed by atoms with Crippen molar-refractivity contribution in [3.63, 3.8) is 0 Å². The number of halogens is 2. The smallest absolute Gasteiger partial charge is 0.327 e. The zero-order valence-electron chi connectivity index (χ0n) is 13.5. The van der Waals surface area contributed by atoms with Crippen molar-refractivity contribution in [3.05, 3.63) is 35.4 Å². The fourth-order valence-electron chi connectivity index (χ4n) is 3.74. The number of hydrogen-bond donors (Lipinski definition) is 1. The first kappa shape index (κ1) is 16.8. The summed E-state index contributed by atoms with van der Waals surface area (Å²) in [5.74, 6) is -1.99. The minimum absolute atomic E-state index is 0.135. The van der Waals surface area contributed by atoms with E-state index in [-0.39, 0.29) is 18.0 Å². The fraction of sp³-hybridized carbons (Fsp3) is 0.529. The number of β-amino-alcohol motifs (C(OH)–C–C–N with tert-alkyl or cyclic N) is 1. The molecule has 1 atom stereocenters. The Bertz CT molecular complexity index is 674. The maximum absolute atomic E-state index is 13.8. The molecule has 1 aliphatic carbocycles. The number of likely N-dealkylation sites (N-methyl/N-ethyl adjacent to an activating group) is 1. The average molecular weight is 338 g/mol. The summed E-state index contributed by atoms with van der Waals surface area (Å²) in [7, 11) is 1.59. The quantitative estimate of drug-likeness (QED) is 0.862. The van der Waals surface area contributed by atoms with Gasteiger partial charge in [-0.1, -0.05) is 25.3 Å². The van der Waals surface area contributed by atoms with Gasteiger partial charge in [0.1, 0.15) is 17.2 Å². The Balaban J connectivity index is 1.82. The van der Waals surface area contributed by atoms with Crippen LogP contribution in [-0.2, 0) is 4.79 Å². The highest BCUT2D eigenvalue weighted by atomic mass is 19.1. The molecule has 0 radical (unpaired) electrons. The number of hydrogen-bond acceptors (Lipinski definition) is 3. The molecule has 1 spiro atoms. The molecule has 0 unspecified atom stereocenters. The summed E-state index contributed by atoms with van der Waals surface area (Å²) in [6.45, 7) is -0.341. The molecule has 1 aromatic rings. The van der Waals surface area contributed by atoms with Crippen LogP contribution >= 0.6 is 0 Å². The number of rotatable bonds is 3. The molecule has 1 aromatic carbocycles. The molecule has 2 fully saturated rings. The molecule has 0 aromatic heterocycles. The highest BCUT2D eigenvalue weighted by Gasteiger charge is 2.55. The second-order valence-corrected chi connectivity index (χ2v) is 6.53. The number of carbonyl (C=O) groups is 2. The van der Waals surface area contributed by atoms with Crippen molar-refractivity contribution in [2.75, 3.05) is 13.6 Å². The highest BCUT2D eigenvalue weighted by Crippen LogP contribution is 2.40. The van der Waals surface area contributed by atoms with Gasteiger partial charge in [-0.2, -0.15) is 0 Å². The van der Waals surface area contributed by atoms with Gasteiger partial charge in [0, 0.05) is 18.7 Å². The molecule has 1 saturated carbocycles. The lowest BCUT2D eigenvalue weighted by Crippen LogP contribution is -2.49. The van der Waals surface area contributed by atoms with E-state index in [0.29, 0.717) is 18.9 Å². The first-order chi connectivity index (χ1) is 11.4. The van der Waals surface area contributed by atoms with Crippen LogP contribution in [0.2, 0.25) is 0 Å². The van der Waals surface area contributed by atoms with E-state index in [4.69, 9.17) is 0 Å². The van der Waals surface area contributed by atoms with Crippen molar-refractivity contribution in [2.45, 2.75) is 43.7 Å². The largest absolute Gasteiger partial charge is 0.386 e. The van der Waals surface area contributed by atoms with E-state index in [0.717, 1.165) is 36.3 Å². The van der Waals surface area contributed by atoms with Crippen LogP contribution < -0.4 is 0 Å². The molecular weight excluding hydrogens is 318 g/mol. The van der Waals surface area contributed by atoms with Crippen molar-refractivity contribution in [3.8, 4) is 0 Å². The molecule has 1 aliphatic heterocycles. The number of amides is 3. The second-order valence-electron chi connectivity index (χ2n) is 6.53. The number of benzene rings is 1. The normalized spacial score (nSPS) is 21.7. The Morgan fingerprint density at radius 2 is 1.88 bits per heavy atom. The van der Waals surface area contributed by atoms with Crippen molar-refractivity contribution in [2.24, 2.45) is 0 Å². The Morgan fingerprint density at radius 1 is 1.21 bits per heavy atom. The molecule has 3 amide bonds. The zero-order chi connectivity index (χ0) is 17.5. The molecule has 0 bridgehead atoms. The number of carbonyl (C=O) groups excluding carboxylic acids is 2. The molecule has 5 nitrogen and oxygen atoms in total. The average Bonchev–Trinajstić information content (AvgIpc) is 2.72. The Kier molecular flexibility index (Phi) is 4.29. The molecular formula is C17H20F2N2O3. The predicted octanol–water partition coefficient (Wildman–Crippen LogP) is 2.60. The number of aliphatic hydroxyl groups excluding tert-OH is 1. The monoisotopic (exact) mass is 338 g/mol. The Hall–Kier alpha value is -2.02. The van der Waals surface area contributed by atoms with Gasteiger partial charge in [-0.15, -0.1) is 0 Å². The van der Waals surface area contributed by atoms with E-state index in [2.05, 4.69) is 0 Å². The van der Waals surface area contributed by atoms with Gasteiger partial charge in [0.25, 0.3) is 5.91 Å². The van der Waals surface area contributed by atoms with Gasteiger partial charge >= 0.3 is 6.03 Å². The van der Waals surface area contributed by atoms with Crippen LogP contribution in [0.25, 0.3) is 0 Å². The SMILES string of the molecule is CN1C(=O)N(C[C@@H](O)c2ccc(F)cc2F)C(=O)C12CCCCC2. The van der Waals surface area contributed by atoms with Gasteiger partial charge in [0.05, 0.1) is 12.6 Å². The predicted molar refractivity (Wildman–Crippen MR) is 82.0 cm³/mol. The third kappa shape index (κ3) is 2.56. The van der Waals surface area contributed by atoms with E-state index >= 15 is 0 Å². The van der Waals surface area contributed by atoms with E-state index in [1.54, 1.807) is 7.05 Å². The van der Waals surface area contributed by atoms with Crippen LogP contribution in [0.4, 0.5) is 13.6 Å². The number of aliphatic hydroxyl groups is 1. The van der Waals surface area contributed by atoms with Gasteiger partial charge in [-0.25, -0.2) is 13.6 Å². The molecule has 24 heavy (non-hydrogen) atoms. The summed E-state index contributed by atoms with van der Waals surface area (Å²) < 4.78 is 26.8. The molecule has 1 heterocycles. The number of nitrogens with zero attached hydrogens (tertiary/aromatic N) is 2. The second kappa shape index (κ2) is 6.12. The molecule has 130 valence electrons. The molecule has 1 saturated heterocycles. The third-order valence-corrected chi connectivity index (χ3v) is 5.16. The first-order valence-corrected chi connectivity index (χ1v) is 8.09. The van der Waals surface area contributed by atoms with Gasteiger partial charge in [-0.3, -0.25) is 9.69 Å². The lowest BCUT2D eigenvalue weighted by molar-refractivity contribution is -0.135. The summed E-state index contributed by atoms with van der Waals surface area (Å²) in [4.78, 5) is 27.7. The maximum atomic E-state index is 13.8. The molecule has 1 N–H and O–H groups in total. The van der Waals surface area contributed by atoms with E-state index < -0.39 is 29.3 Å². The third-order valence-electron chi connectivity index (χ3n) is 5.16. The van der Waals surface area contributed by atoms with Crippen molar-refractivity contribution >= 4 is 11.9 Å². The molecule has 2 aliphatic rings. The number of imide groups is 1. The van der Waals surface area contributed by atoms with Gasteiger partial charge in [-0.05, 0) is 18.9 Å². The van der Waals surface area contributed by atoms with E-state index in [1.165, 1.54) is 4.90 Å². The molecule has 3 rings (SSSR count). The Morgan fingerprint density at radius 3 is 2.50 bits per heavy atom. The maximum Gasteiger partial charge on any atom is 0.327 e. The summed E-state index contributed by atoms with van der Waals surface area (Å²) in [5.41, 5.74) is -0.972. The van der Waals surface area contributed by atoms with Gasteiger partial charge in [0.15, 0.2) is 0 Å². The van der Waals surface area contributed by atoms with Gasteiger partial charge in [0.2, 0.25) is 0 Å². The minimum atomic E-state index is -1.40. The summed E-state index contributed by atoms with van der Waals surface area (Å²) in [6.07, 6.45) is 2.57. The first-order valence-electron chi connectivity index (χ1n) is 8.09. The lowest BCUT2D eigenvalue weighted by Gasteiger charge is -2.35. The van der Waals surface area contributed by atoms with Crippen LogP contribution in [0.5, 0.6) is 0 Å². The van der Waals surface area contributed by atoms with Crippen LogP contribution in [-0.4, -0.2) is 46.0 Å². The molecule has 7 heteroatoms. The standard InChI is InChI=1S/C17H20F2N2O3/c1-20-16(24)21(15(23)17(20)7-3-2-4-8-17)10-14(22)12-6-5-11(18)9-13(12)19/h5-6,9,14,22H,2-4,7-8,10H2,1H3/t14-/m1/s1. The van der Waals surface area contributed by atoms with Crippen molar-refractivity contribution in [1.29, 1.82) is 0 Å². The fourth-order valence-corrected chi connectivity index (χ4v) is 3.74. The highest BCUT2D eigenvalue weighted by molar-refractivity contribution is 6.07. The minimum Gasteiger partial charge on any atom is -0.386 e. The van der Waals surface area contributed by atoms with Crippen LogP contribution in [0, 0.1) is 11.6 Å². The van der Waals surface area contributed by atoms with Crippen LogP contribution in [0.15, 0.2) is 18.2 Å². The van der Waals surface area contributed by atoms with Crippen LogP contribution in [0.3, 0.4) is 0 Å². The zero-order valence-corrected chi connectivity index (χ0v) is 13.5. The lowest BCUT2D eigenvalue weighted by atomic mass is 9.80. The van der Waals surface area contributed by atoms with Crippen LogP contribution in [0.1, 0.15) is 43.8 Å². The summed E-state index contributed by atoms with van der Waals surface area (Å²) >= 11 is 0. The van der Waals surface area contributed by atoms with Gasteiger partial charge < -0.3 is 10.0 Å². The Labute approximate surface area is 138 Å². The van der Waals surface area contributed by atoms with E-state index in [1.807, 2.05) is 0 Å². The van der Waals surface area contributed by atoms with Crippen molar-refractivity contribution in [1.82, 2.24) is 9.80 Å². The van der Waals surface area contributed by atoms with Crippen molar-refractivity contribution < 1.29 is 23.5 Å². The van der Waals surface area contributed by atoms with E-state index in [9.17, 15) is 23.5 Å². The number of urea groups is 1. The topological polar surface area (TPSA) is 60.9 Å². The summed E-state index contributed by atoms with van der Waals surface area (Å²) in [5, 5.41) is 10.2.